The molecule has 0 radical (unpaired) electrons. The highest BCUT2D eigenvalue weighted by Gasteiger charge is 2.24. The zero-order chi connectivity index (χ0) is 25.4. The van der Waals surface area contributed by atoms with Crippen LogP contribution in [0.25, 0.3) is 0 Å². The van der Waals surface area contributed by atoms with Crippen molar-refractivity contribution in [2.45, 2.75) is 45.4 Å². The SMILES string of the molecule is CCc1cccc(CNC[C@H](O)[C@H](Cc2cc(F)cc(F)c2)NC(=O)c2ccc(NC(C)=O)o2)c1. The maximum Gasteiger partial charge on any atom is 0.287 e. The van der Waals surface area contributed by atoms with E-state index in [4.69, 9.17) is 4.42 Å². The normalized spacial score (nSPS) is 12.7. The molecule has 0 aliphatic heterocycles. The summed E-state index contributed by atoms with van der Waals surface area (Å²) in [5.41, 5.74) is 2.52. The van der Waals surface area contributed by atoms with Crippen molar-refractivity contribution in [3.8, 4) is 0 Å². The number of aliphatic hydroxyl groups is 1. The third-order valence-corrected chi connectivity index (χ3v) is 5.37. The van der Waals surface area contributed by atoms with Crippen molar-refractivity contribution in [1.29, 1.82) is 0 Å². The highest BCUT2D eigenvalue weighted by Crippen LogP contribution is 2.16. The second-order valence-electron chi connectivity index (χ2n) is 8.28. The smallest absolute Gasteiger partial charge is 0.287 e. The van der Waals surface area contributed by atoms with Crippen molar-refractivity contribution in [3.63, 3.8) is 0 Å². The van der Waals surface area contributed by atoms with Gasteiger partial charge in [-0.15, -0.1) is 0 Å². The maximum absolute atomic E-state index is 13.7. The van der Waals surface area contributed by atoms with Crippen LogP contribution in [-0.2, 0) is 24.2 Å². The molecule has 2 atom stereocenters. The molecule has 4 N–H and O–H groups in total. The monoisotopic (exact) mass is 485 g/mol. The quantitative estimate of drug-likeness (QED) is 0.333. The number of halogens is 2. The number of aliphatic hydroxyl groups excluding tert-OH is 1. The van der Waals surface area contributed by atoms with Gasteiger partial charge in [-0.25, -0.2) is 8.78 Å². The molecule has 0 unspecified atom stereocenters. The number of nitrogens with one attached hydrogen (secondary N) is 3. The molecule has 3 rings (SSSR count). The fraction of sp³-hybridized carbons (Fsp3) is 0.308. The van der Waals surface area contributed by atoms with Crippen LogP contribution in [0, 0.1) is 11.6 Å². The molecule has 0 bridgehead atoms. The molecule has 3 aromatic rings. The molecule has 35 heavy (non-hydrogen) atoms. The average molecular weight is 486 g/mol. The van der Waals surface area contributed by atoms with Gasteiger partial charge in [-0.1, -0.05) is 31.2 Å². The third kappa shape index (κ3) is 8.01. The van der Waals surface area contributed by atoms with E-state index < -0.39 is 29.7 Å². The van der Waals surface area contributed by atoms with Crippen LogP contribution in [0.1, 0.15) is 41.1 Å². The van der Waals surface area contributed by atoms with E-state index >= 15 is 0 Å². The first-order chi connectivity index (χ1) is 16.7. The molecular weight excluding hydrogens is 456 g/mol. The van der Waals surface area contributed by atoms with Crippen LogP contribution in [0.2, 0.25) is 0 Å². The second-order valence-corrected chi connectivity index (χ2v) is 8.28. The Labute approximate surface area is 202 Å². The number of amides is 2. The predicted molar refractivity (Wildman–Crippen MR) is 128 cm³/mol. The topological polar surface area (TPSA) is 104 Å². The summed E-state index contributed by atoms with van der Waals surface area (Å²) in [6, 6.07) is 13.0. The van der Waals surface area contributed by atoms with E-state index in [1.807, 2.05) is 18.2 Å². The minimum atomic E-state index is -1.08. The molecule has 1 heterocycles. The lowest BCUT2D eigenvalue weighted by atomic mass is 10.00. The van der Waals surface area contributed by atoms with E-state index in [9.17, 15) is 23.5 Å². The van der Waals surface area contributed by atoms with Crippen LogP contribution >= 0.6 is 0 Å². The van der Waals surface area contributed by atoms with Gasteiger partial charge in [0.1, 0.15) is 11.6 Å². The van der Waals surface area contributed by atoms with Gasteiger partial charge >= 0.3 is 0 Å². The summed E-state index contributed by atoms with van der Waals surface area (Å²) in [4.78, 5) is 23.9. The van der Waals surface area contributed by atoms with Gasteiger partial charge in [0.25, 0.3) is 5.91 Å². The highest BCUT2D eigenvalue weighted by molar-refractivity contribution is 5.93. The molecular formula is C26H29F2N3O4. The van der Waals surface area contributed by atoms with Gasteiger partial charge in [-0.05, 0) is 47.7 Å². The summed E-state index contributed by atoms with van der Waals surface area (Å²) in [5, 5.41) is 19.1. The summed E-state index contributed by atoms with van der Waals surface area (Å²) in [6.45, 7) is 3.99. The van der Waals surface area contributed by atoms with Crippen molar-refractivity contribution < 1.29 is 27.9 Å². The lowest BCUT2D eigenvalue weighted by Gasteiger charge is -2.24. The number of anilines is 1. The Balaban J connectivity index is 1.70. The van der Waals surface area contributed by atoms with E-state index in [1.54, 1.807) is 0 Å². The highest BCUT2D eigenvalue weighted by atomic mass is 19.1. The largest absolute Gasteiger partial charge is 0.435 e. The Hall–Kier alpha value is -3.56. The van der Waals surface area contributed by atoms with Gasteiger partial charge in [0, 0.05) is 32.1 Å². The number of aryl methyl sites for hydroxylation is 1. The van der Waals surface area contributed by atoms with Gasteiger partial charge in [0.15, 0.2) is 11.6 Å². The average Bonchev–Trinajstić information content (AvgIpc) is 3.26. The van der Waals surface area contributed by atoms with Crippen LogP contribution in [0.4, 0.5) is 14.7 Å². The number of carbonyl (C=O) groups excluding carboxylic acids is 2. The van der Waals surface area contributed by atoms with E-state index in [-0.39, 0.29) is 36.1 Å². The zero-order valence-electron chi connectivity index (χ0n) is 19.6. The summed E-state index contributed by atoms with van der Waals surface area (Å²) in [6.07, 6.45) is -0.191. The Bertz CT molecular complexity index is 1140. The molecule has 7 nitrogen and oxygen atoms in total. The van der Waals surface area contributed by atoms with Crippen molar-refractivity contribution >= 4 is 17.7 Å². The standard InChI is InChI=1S/C26H29F2N3O4/c1-3-17-5-4-6-18(9-17)14-29-15-23(33)22(12-19-10-20(27)13-21(28)11-19)31-26(34)24-7-8-25(35-24)30-16(2)32/h4-11,13,22-23,29,33H,3,12,14-15H2,1-2H3,(H,30,32)(H,31,34)/t22-,23-/m0/s1. The van der Waals surface area contributed by atoms with E-state index in [1.165, 1.54) is 24.6 Å². The summed E-state index contributed by atoms with van der Waals surface area (Å²) >= 11 is 0. The number of furan rings is 1. The Kier molecular flexibility index (Phi) is 9.11. The lowest BCUT2D eigenvalue weighted by molar-refractivity contribution is -0.114. The first kappa shape index (κ1) is 26.1. The van der Waals surface area contributed by atoms with Gasteiger partial charge in [-0.2, -0.15) is 0 Å². The molecule has 2 aromatic carbocycles. The van der Waals surface area contributed by atoms with Gasteiger partial charge < -0.3 is 20.2 Å². The number of carbonyl (C=O) groups is 2. The van der Waals surface area contributed by atoms with Crippen molar-refractivity contribution in [2.24, 2.45) is 0 Å². The first-order valence-corrected chi connectivity index (χ1v) is 11.3. The molecule has 0 aliphatic rings. The van der Waals surface area contributed by atoms with Crippen LogP contribution in [0.3, 0.4) is 0 Å². The number of benzene rings is 2. The number of hydrogen-bond donors (Lipinski definition) is 4. The minimum Gasteiger partial charge on any atom is -0.435 e. The van der Waals surface area contributed by atoms with Crippen LogP contribution in [0.15, 0.2) is 59.0 Å². The third-order valence-electron chi connectivity index (χ3n) is 5.37. The molecule has 0 saturated carbocycles. The predicted octanol–water partition coefficient (Wildman–Crippen LogP) is 3.57. The summed E-state index contributed by atoms with van der Waals surface area (Å²) in [7, 11) is 0. The van der Waals surface area contributed by atoms with Gasteiger partial charge in [0.05, 0.1) is 12.1 Å². The molecule has 2 amide bonds. The van der Waals surface area contributed by atoms with Crippen molar-refractivity contribution in [1.82, 2.24) is 10.6 Å². The molecule has 1 aromatic heterocycles. The van der Waals surface area contributed by atoms with E-state index in [0.717, 1.165) is 30.2 Å². The fourth-order valence-electron chi connectivity index (χ4n) is 3.67. The maximum atomic E-state index is 13.7. The van der Waals surface area contributed by atoms with Crippen molar-refractivity contribution in [2.75, 3.05) is 11.9 Å². The van der Waals surface area contributed by atoms with Crippen LogP contribution < -0.4 is 16.0 Å². The molecule has 9 heteroatoms. The summed E-state index contributed by atoms with van der Waals surface area (Å²) in [5.74, 6) is -2.48. The number of rotatable bonds is 11. The van der Waals surface area contributed by atoms with E-state index in [2.05, 4.69) is 28.9 Å². The lowest BCUT2D eigenvalue weighted by Crippen LogP contribution is -2.48. The minimum absolute atomic E-state index is 0.0200. The van der Waals surface area contributed by atoms with Crippen LogP contribution in [0.5, 0.6) is 0 Å². The second kappa shape index (κ2) is 12.2. The van der Waals surface area contributed by atoms with Crippen molar-refractivity contribution in [3.05, 3.63) is 88.7 Å². The molecule has 0 aliphatic carbocycles. The zero-order valence-corrected chi connectivity index (χ0v) is 19.6. The molecule has 0 saturated heterocycles. The van der Waals surface area contributed by atoms with E-state index in [0.29, 0.717) is 6.54 Å². The Morgan fingerprint density at radius 3 is 2.40 bits per heavy atom. The Morgan fingerprint density at radius 1 is 1.00 bits per heavy atom. The Morgan fingerprint density at radius 2 is 1.71 bits per heavy atom. The van der Waals surface area contributed by atoms with Crippen LogP contribution in [-0.4, -0.2) is 35.6 Å². The fourth-order valence-corrected chi connectivity index (χ4v) is 3.67. The first-order valence-electron chi connectivity index (χ1n) is 11.3. The van der Waals surface area contributed by atoms with Gasteiger partial charge in [-0.3, -0.25) is 14.9 Å². The van der Waals surface area contributed by atoms with Gasteiger partial charge in [0.2, 0.25) is 5.91 Å². The molecule has 0 fully saturated rings. The molecule has 0 spiro atoms. The number of hydrogen-bond acceptors (Lipinski definition) is 5. The summed E-state index contributed by atoms with van der Waals surface area (Å²) < 4.78 is 32.8. The molecule has 186 valence electrons.